The Balaban J connectivity index is 1.45. The van der Waals surface area contributed by atoms with E-state index in [2.05, 4.69) is 10.3 Å². The molecule has 4 heterocycles. The fourth-order valence-electron chi connectivity index (χ4n) is 3.70. The average Bonchev–Trinajstić information content (AvgIpc) is 3.21. The number of piperidine rings is 1. The van der Waals surface area contributed by atoms with Crippen molar-refractivity contribution in [3.05, 3.63) is 28.1 Å². The molecule has 0 atom stereocenters. The van der Waals surface area contributed by atoms with Gasteiger partial charge in [0.05, 0.1) is 11.7 Å². The van der Waals surface area contributed by atoms with Crippen LogP contribution in [0.4, 0.5) is 0 Å². The fourth-order valence-corrected chi connectivity index (χ4v) is 4.43. The third kappa shape index (κ3) is 2.68. The van der Waals surface area contributed by atoms with E-state index < -0.39 is 0 Å². The molecule has 6 nitrogen and oxygen atoms in total. The number of amides is 1. The first-order valence-electron chi connectivity index (χ1n) is 8.08. The van der Waals surface area contributed by atoms with Gasteiger partial charge in [0, 0.05) is 19.6 Å². The Bertz CT molecular complexity index is 781. The number of likely N-dealkylation sites (tertiary alicyclic amines) is 1. The lowest BCUT2D eigenvalue weighted by Gasteiger charge is -2.38. The maximum atomic E-state index is 12.5. The van der Waals surface area contributed by atoms with E-state index in [1.807, 2.05) is 10.3 Å². The summed E-state index contributed by atoms with van der Waals surface area (Å²) in [6.07, 6.45) is 4.82. The predicted octanol–water partition coefficient (Wildman–Crippen LogP) is 1.06. The lowest BCUT2D eigenvalue weighted by Crippen LogP contribution is -2.45. The molecule has 2 saturated heterocycles. The first-order valence-corrected chi connectivity index (χ1v) is 8.96. The van der Waals surface area contributed by atoms with Gasteiger partial charge in [-0.15, -0.1) is 11.3 Å². The number of hydrogen-bond donors (Lipinski definition) is 1. The van der Waals surface area contributed by atoms with E-state index in [-0.39, 0.29) is 18.0 Å². The van der Waals surface area contributed by atoms with E-state index in [1.54, 1.807) is 6.07 Å². The molecule has 2 fully saturated rings. The second-order valence-electron chi connectivity index (χ2n) is 6.62. The predicted molar refractivity (Wildman–Crippen MR) is 89.6 cm³/mol. The van der Waals surface area contributed by atoms with Crippen LogP contribution in [-0.2, 0) is 11.3 Å². The topological polar surface area (TPSA) is 67.2 Å². The summed E-state index contributed by atoms with van der Waals surface area (Å²) in [4.78, 5) is 31.8. The van der Waals surface area contributed by atoms with Crippen molar-refractivity contribution in [3.8, 4) is 0 Å². The minimum atomic E-state index is -0.127. The van der Waals surface area contributed by atoms with Gasteiger partial charge < -0.3 is 10.2 Å². The summed E-state index contributed by atoms with van der Waals surface area (Å²) < 4.78 is 1.43. The van der Waals surface area contributed by atoms with E-state index in [0.717, 1.165) is 43.9 Å². The third-order valence-corrected chi connectivity index (χ3v) is 6.09. The van der Waals surface area contributed by atoms with Crippen LogP contribution in [0.15, 0.2) is 22.6 Å². The minimum absolute atomic E-state index is 0.0179. The molecule has 0 aliphatic carbocycles. The van der Waals surface area contributed by atoms with Crippen molar-refractivity contribution in [2.45, 2.75) is 25.8 Å². The summed E-state index contributed by atoms with van der Waals surface area (Å²) in [5.74, 6) is 0.0179. The molecule has 0 bridgehead atoms. The molecule has 7 heteroatoms. The Morgan fingerprint density at radius 1 is 1.35 bits per heavy atom. The van der Waals surface area contributed by atoms with Gasteiger partial charge in [-0.1, -0.05) is 0 Å². The Morgan fingerprint density at radius 2 is 2.17 bits per heavy atom. The largest absolute Gasteiger partial charge is 0.341 e. The fraction of sp³-hybridized carbons (Fsp3) is 0.562. The molecule has 2 aliphatic rings. The molecule has 2 aromatic rings. The second-order valence-corrected chi connectivity index (χ2v) is 7.52. The molecule has 0 radical (unpaired) electrons. The Morgan fingerprint density at radius 3 is 2.91 bits per heavy atom. The maximum absolute atomic E-state index is 12.5. The number of aromatic nitrogens is 2. The second kappa shape index (κ2) is 5.72. The molecule has 23 heavy (non-hydrogen) atoms. The lowest BCUT2D eigenvalue weighted by atomic mass is 9.78. The van der Waals surface area contributed by atoms with Crippen LogP contribution in [0.5, 0.6) is 0 Å². The van der Waals surface area contributed by atoms with Crippen molar-refractivity contribution >= 4 is 27.5 Å². The highest BCUT2D eigenvalue weighted by molar-refractivity contribution is 7.16. The van der Waals surface area contributed by atoms with Crippen LogP contribution < -0.4 is 10.9 Å². The molecular formula is C16H20N4O2S. The SMILES string of the molecule is O=C(Cn1cnc2sccc2c1=O)N1CCC2(CCNC2)CC1. The molecule has 1 amide bonds. The number of thiophene rings is 1. The van der Waals surface area contributed by atoms with Gasteiger partial charge in [0.2, 0.25) is 5.91 Å². The van der Waals surface area contributed by atoms with Crippen LogP contribution in [0, 0.1) is 5.41 Å². The van der Waals surface area contributed by atoms with Gasteiger partial charge in [0.25, 0.3) is 5.56 Å². The van der Waals surface area contributed by atoms with E-state index in [1.165, 1.54) is 28.7 Å². The third-order valence-electron chi connectivity index (χ3n) is 5.26. The highest BCUT2D eigenvalue weighted by atomic mass is 32.1. The molecule has 122 valence electrons. The van der Waals surface area contributed by atoms with Crippen molar-refractivity contribution in [3.63, 3.8) is 0 Å². The molecule has 4 rings (SSSR count). The van der Waals surface area contributed by atoms with Gasteiger partial charge in [-0.25, -0.2) is 4.98 Å². The maximum Gasteiger partial charge on any atom is 0.262 e. The van der Waals surface area contributed by atoms with Crippen LogP contribution in [-0.4, -0.2) is 46.5 Å². The van der Waals surface area contributed by atoms with Crippen LogP contribution in [0.3, 0.4) is 0 Å². The van der Waals surface area contributed by atoms with Crippen LogP contribution in [0.25, 0.3) is 10.2 Å². The number of fused-ring (bicyclic) bond motifs is 1. The van der Waals surface area contributed by atoms with Gasteiger partial charge in [-0.2, -0.15) is 0 Å². The summed E-state index contributed by atoms with van der Waals surface area (Å²) in [6.45, 7) is 3.85. The smallest absolute Gasteiger partial charge is 0.262 e. The number of nitrogens with zero attached hydrogens (tertiary/aromatic N) is 3. The summed E-state index contributed by atoms with van der Waals surface area (Å²) in [6, 6.07) is 1.77. The Labute approximate surface area is 138 Å². The first-order chi connectivity index (χ1) is 11.2. The van der Waals surface area contributed by atoms with Crippen molar-refractivity contribution < 1.29 is 4.79 Å². The van der Waals surface area contributed by atoms with Gasteiger partial charge in [0.1, 0.15) is 11.4 Å². The van der Waals surface area contributed by atoms with Crippen molar-refractivity contribution in [2.75, 3.05) is 26.2 Å². The normalized spacial score (nSPS) is 20.4. The quantitative estimate of drug-likeness (QED) is 0.893. The molecule has 2 aromatic heterocycles. The van der Waals surface area contributed by atoms with Gasteiger partial charge in [-0.05, 0) is 42.7 Å². The Kier molecular flexibility index (Phi) is 3.69. The monoisotopic (exact) mass is 332 g/mol. The number of nitrogens with one attached hydrogen (secondary N) is 1. The number of carbonyl (C=O) groups is 1. The number of rotatable bonds is 2. The number of carbonyl (C=O) groups excluding carboxylic acids is 1. The molecule has 2 aliphatic heterocycles. The summed E-state index contributed by atoms with van der Waals surface area (Å²) in [7, 11) is 0. The molecule has 0 saturated carbocycles. The van der Waals surface area contributed by atoms with Crippen LogP contribution in [0.2, 0.25) is 0 Å². The van der Waals surface area contributed by atoms with E-state index in [0.29, 0.717) is 10.8 Å². The zero-order valence-electron chi connectivity index (χ0n) is 13.0. The van der Waals surface area contributed by atoms with Crippen molar-refractivity contribution in [1.29, 1.82) is 0 Å². The highest BCUT2D eigenvalue weighted by Crippen LogP contribution is 2.36. The Hall–Kier alpha value is -1.73. The van der Waals surface area contributed by atoms with E-state index in [9.17, 15) is 9.59 Å². The first kappa shape index (κ1) is 14.8. The molecule has 1 N–H and O–H groups in total. The van der Waals surface area contributed by atoms with E-state index >= 15 is 0 Å². The van der Waals surface area contributed by atoms with Crippen LogP contribution >= 0.6 is 11.3 Å². The zero-order chi connectivity index (χ0) is 15.9. The average molecular weight is 332 g/mol. The number of hydrogen-bond acceptors (Lipinski definition) is 5. The van der Waals surface area contributed by atoms with E-state index in [4.69, 9.17) is 0 Å². The van der Waals surface area contributed by atoms with Gasteiger partial charge in [-0.3, -0.25) is 14.2 Å². The molecule has 0 unspecified atom stereocenters. The standard InChI is InChI=1S/C16H20N4O2S/c21-13(19-6-3-16(4-7-19)2-5-17-10-16)9-20-11-18-14-12(15(20)22)1-8-23-14/h1,8,11,17H,2-7,9-10H2. The summed E-state index contributed by atoms with van der Waals surface area (Å²) in [5, 5.41) is 5.88. The van der Waals surface area contributed by atoms with Crippen LogP contribution in [0.1, 0.15) is 19.3 Å². The molecule has 0 aromatic carbocycles. The zero-order valence-corrected chi connectivity index (χ0v) is 13.8. The van der Waals surface area contributed by atoms with Gasteiger partial charge >= 0.3 is 0 Å². The lowest BCUT2D eigenvalue weighted by molar-refractivity contribution is -0.134. The van der Waals surface area contributed by atoms with Crippen molar-refractivity contribution in [1.82, 2.24) is 19.8 Å². The molecular weight excluding hydrogens is 312 g/mol. The minimum Gasteiger partial charge on any atom is -0.341 e. The summed E-state index contributed by atoms with van der Waals surface area (Å²) in [5.41, 5.74) is 0.267. The van der Waals surface area contributed by atoms with Crippen molar-refractivity contribution in [2.24, 2.45) is 5.41 Å². The summed E-state index contributed by atoms with van der Waals surface area (Å²) >= 11 is 1.44. The molecule has 1 spiro atoms. The highest BCUT2D eigenvalue weighted by Gasteiger charge is 2.37. The van der Waals surface area contributed by atoms with Gasteiger partial charge in [0.15, 0.2) is 0 Å².